The fourth-order valence-corrected chi connectivity index (χ4v) is 2.12. The maximum Gasteiger partial charge on any atom is 0.146 e. The van der Waals surface area contributed by atoms with E-state index in [-0.39, 0.29) is 17.9 Å². The zero-order valence-electron chi connectivity index (χ0n) is 8.75. The molecule has 1 aliphatic rings. The molecule has 1 aromatic rings. The second-order valence-electron chi connectivity index (χ2n) is 4.18. The first-order chi connectivity index (χ1) is 7.27. The molecule has 0 amide bonds. The van der Waals surface area contributed by atoms with Crippen LogP contribution in [0.15, 0.2) is 24.3 Å². The smallest absolute Gasteiger partial charge is 0.146 e. The van der Waals surface area contributed by atoms with E-state index in [1.807, 2.05) is 6.07 Å². The zero-order valence-corrected chi connectivity index (χ0v) is 8.75. The van der Waals surface area contributed by atoms with E-state index in [1.54, 1.807) is 12.1 Å². The molecule has 0 bridgehead atoms. The molecule has 0 radical (unpaired) electrons. The third kappa shape index (κ3) is 2.48. The summed E-state index contributed by atoms with van der Waals surface area (Å²) in [5, 5.41) is 3.20. The topological polar surface area (TPSA) is 38.0 Å². The molecule has 2 nitrogen and oxygen atoms in total. The SMILES string of the molecule is N[C@@H]1CCCC[C@H]1Nc1ccccc1F. The van der Waals surface area contributed by atoms with Gasteiger partial charge in [0, 0.05) is 12.1 Å². The molecule has 1 aromatic carbocycles. The average molecular weight is 208 g/mol. The summed E-state index contributed by atoms with van der Waals surface area (Å²) in [6.45, 7) is 0. The van der Waals surface area contributed by atoms with Crippen molar-refractivity contribution in [3.05, 3.63) is 30.1 Å². The Hall–Kier alpha value is -1.09. The van der Waals surface area contributed by atoms with Gasteiger partial charge in [0.25, 0.3) is 0 Å². The predicted octanol–water partition coefficient (Wildman–Crippen LogP) is 2.51. The molecule has 1 saturated carbocycles. The van der Waals surface area contributed by atoms with Gasteiger partial charge in [-0.25, -0.2) is 4.39 Å². The van der Waals surface area contributed by atoms with Crippen LogP contribution in [0.2, 0.25) is 0 Å². The summed E-state index contributed by atoms with van der Waals surface area (Å²) < 4.78 is 13.4. The Labute approximate surface area is 89.7 Å². The van der Waals surface area contributed by atoms with E-state index in [9.17, 15) is 4.39 Å². The minimum absolute atomic E-state index is 0.151. The van der Waals surface area contributed by atoms with Gasteiger partial charge in [-0.05, 0) is 25.0 Å². The number of nitrogens with one attached hydrogen (secondary N) is 1. The standard InChI is InChI=1S/C12H17FN2/c13-9-5-1-3-7-11(9)15-12-8-4-2-6-10(12)14/h1,3,5,7,10,12,15H,2,4,6,8,14H2/t10-,12-/m1/s1. The zero-order chi connectivity index (χ0) is 10.7. The van der Waals surface area contributed by atoms with E-state index in [4.69, 9.17) is 5.73 Å². The summed E-state index contributed by atoms with van der Waals surface area (Å²) in [5.41, 5.74) is 6.56. The molecule has 15 heavy (non-hydrogen) atoms. The highest BCUT2D eigenvalue weighted by atomic mass is 19.1. The molecule has 0 heterocycles. The quantitative estimate of drug-likeness (QED) is 0.783. The van der Waals surface area contributed by atoms with Crippen LogP contribution in [0.25, 0.3) is 0 Å². The number of para-hydroxylation sites is 1. The summed E-state index contributed by atoms with van der Waals surface area (Å²) in [4.78, 5) is 0. The number of rotatable bonds is 2. The first-order valence-electron chi connectivity index (χ1n) is 5.54. The Kier molecular flexibility index (Phi) is 3.21. The molecule has 0 aromatic heterocycles. The van der Waals surface area contributed by atoms with Gasteiger partial charge in [-0.2, -0.15) is 0 Å². The van der Waals surface area contributed by atoms with E-state index in [1.165, 1.54) is 18.9 Å². The van der Waals surface area contributed by atoms with Crippen LogP contribution in [0.4, 0.5) is 10.1 Å². The molecule has 0 spiro atoms. The molecule has 2 atom stereocenters. The minimum atomic E-state index is -0.199. The van der Waals surface area contributed by atoms with Crippen LogP contribution >= 0.6 is 0 Å². The maximum atomic E-state index is 13.4. The summed E-state index contributed by atoms with van der Waals surface area (Å²) >= 11 is 0. The summed E-state index contributed by atoms with van der Waals surface area (Å²) in [5.74, 6) is -0.199. The second kappa shape index (κ2) is 4.62. The van der Waals surface area contributed by atoms with Crippen molar-refractivity contribution in [2.45, 2.75) is 37.8 Å². The van der Waals surface area contributed by atoms with Gasteiger partial charge in [-0.1, -0.05) is 25.0 Å². The van der Waals surface area contributed by atoms with Crippen LogP contribution in [0.1, 0.15) is 25.7 Å². The lowest BCUT2D eigenvalue weighted by molar-refractivity contribution is 0.403. The van der Waals surface area contributed by atoms with Gasteiger partial charge >= 0.3 is 0 Å². The van der Waals surface area contributed by atoms with Gasteiger partial charge in [-0.3, -0.25) is 0 Å². The number of nitrogens with two attached hydrogens (primary N) is 1. The number of benzene rings is 1. The number of hydrogen-bond acceptors (Lipinski definition) is 2. The third-order valence-electron chi connectivity index (χ3n) is 3.03. The largest absolute Gasteiger partial charge is 0.378 e. The van der Waals surface area contributed by atoms with Gasteiger partial charge in [0.1, 0.15) is 5.82 Å². The van der Waals surface area contributed by atoms with Crippen LogP contribution in [0.3, 0.4) is 0 Å². The van der Waals surface area contributed by atoms with Crippen molar-refractivity contribution in [2.24, 2.45) is 5.73 Å². The summed E-state index contributed by atoms with van der Waals surface area (Å²) in [7, 11) is 0. The maximum absolute atomic E-state index is 13.4. The van der Waals surface area contributed by atoms with Crippen LogP contribution in [-0.4, -0.2) is 12.1 Å². The highest BCUT2D eigenvalue weighted by molar-refractivity contribution is 5.45. The molecule has 2 rings (SSSR count). The van der Waals surface area contributed by atoms with Crippen molar-refractivity contribution >= 4 is 5.69 Å². The Morgan fingerprint density at radius 2 is 1.93 bits per heavy atom. The Bertz CT molecular complexity index is 327. The minimum Gasteiger partial charge on any atom is -0.378 e. The molecule has 0 unspecified atom stereocenters. The Morgan fingerprint density at radius 1 is 1.20 bits per heavy atom. The molecule has 3 heteroatoms. The van der Waals surface area contributed by atoms with Crippen molar-refractivity contribution in [3.63, 3.8) is 0 Å². The van der Waals surface area contributed by atoms with E-state index >= 15 is 0 Å². The van der Waals surface area contributed by atoms with E-state index < -0.39 is 0 Å². The van der Waals surface area contributed by atoms with Crippen molar-refractivity contribution < 1.29 is 4.39 Å². The second-order valence-corrected chi connectivity index (χ2v) is 4.18. The third-order valence-corrected chi connectivity index (χ3v) is 3.03. The lowest BCUT2D eigenvalue weighted by Gasteiger charge is -2.30. The number of halogens is 1. The lowest BCUT2D eigenvalue weighted by Crippen LogP contribution is -2.42. The van der Waals surface area contributed by atoms with Crippen LogP contribution in [0.5, 0.6) is 0 Å². The number of hydrogen-bond donors (Lipinski definition) is 2. The van der Waals surface area contributed by atoms with Crippen molar-refractivity contribution in [2.75, 3.05) is 5.32 Å². The molecule has 82 valence electrons. The highest BCUT2D eigenvalue weighted by Crippen LogP contribution is 2.22. The Morgan fingerprint density at radius 3 is 2.67 bits per heavy atom. The lowest BCUT2D eigenvalue weighted by atomic mass is 9.91. The van der Waals surface area contributed by atoms with Gasteiger partial charge in [-0.15, -0.1) is 0 Å². The molecule has 1 aliphatic carbocycles. The van der Waals surface area contributed by atoms with Gasteiger partial charge in [0.15, 0.2) is 0 Å². The van der Waals surface area contributed by atoms with E-state index in [0.717, 1.165) is 12.8 Å². The fraction of sp³-hybridized carbons (Fsp3) is 0.500. The molecular weight excluding hydrogens is 191 g/mol. The first-order valence-corrected chi connectivity index (χ1v) is 5.54. The molecule has 0 saturated heterocycles. The first kappa shape index (κ1) is 10.4. The van der Waals surface area contributed by atoms with E-state index in [2.05, 4.69) is 5.32 Å². The Balaban J connectivity index is 2.04. The van der Waals surface area contributed by atoms with Crippen molar-refractivity contribution in [1.29, 1.82) is 0 Å². The van der Waals surface area contributed by atoms with Crippen LogP contribution in [0, 0.1) is 5.82 Å². The van der Waals surface area contributed by atoms with Crippen molar-refractivity contribution in [1.82, 2.24) is 0 Å². The van der Waals surface area contributed by atoms with Crippen molar-refractivity contribution in [3.8, 4) is 0 Å². The van der Waals surface area contributed by atoms with Gasteiger partial charge in [0.2, 0.25) is 0 Å². The summed E-state index contributed by atoms with van der Waals surface area (Å²) in [6, 6.07) is 7.13. The number of anilines is 1. The highest BCUT2D eigenvalue weighted by Gasteiger charge is 2.21. The summed E-state index contributed by atoms with van der Waals surface area (Å²) in [6.07, 6.45) is 4.44. The normalized spacial score (nSPS) is 26.3. The monoisotopic (exact) mass is 208 g/mol. The van der Waals surface area contributed by atoms with E-state index in [0.29, 0.717) is 5.69 Å². The van der Waals surface area contributed by atoms with Crippen LogP contribution < -0.4 is 11.1 Å². The van der Waals surface area contributed by atoms with Crippen LogP contribution in [-0.2, 0) is 0 Å². The van der Waals surface area contributed by atoms with Gasteiger partial charge in [0.05, 0.1) is 5.69 Å². The average Bonchev–Trinajstić information content (AvgIpc) is 2.24. The predicted molar refractivity (Wildman–Crippen MR) is 60.3 cm³/mol. The van der Waals surface area contributed by atoms with Gasteiger partial charge < -0.3 is 11.1 Å². The molecule has 3 N–H and O–H groups in total. The molecular formula is C12H17FN2. The molecule has 1 fully saturated rings. The fourth-order valence-electron chi connectivity index (χ4n) is 2.12. The molecule has 0 aliphatic heterocycles.